The second-order valence-electron chi connectivity index (χ2n) is 3.55. The van der Waals surface area contributed by atoms with E-state index in [-0.39, 0.29) is 11.9 Å². The Morgan fingerprint density at radius 2 is 2.38 bits per heavy atom. The van der Waals surface area contributed by atoms with Gasteiger partial charge in [0, 0.05) is 19.0 Å². The van der Waals surface area contributed by atoms with E-state index in [4.69, 9.17) is 10.6 Å². The molecule has 0 aromatic heterocycles. The van der Waals surface area contributed by atoms with Crippen LogP contribution in [0.3, 0.4) is 0 Å². The monoisotopic (exact) mass is 186 g/mol. The Balaban J connectivity index is 2.21. The smallest absolute Gasteiger partial charge is 0.246 e. The molecule has 1 saturated heterocycles. The average molecular weight is 186 g/mol. The van der Waals surface area contributed by atoms with Crippen molar-refractivity contribution in [1.29, 1.82) is 0 Å². The first kappa shape index (κ1) is 10.5. The van der Waals surface area contributed by atoms with E-state index in [0.29, 0.717) is 13.0 Å². The summed E-state index contributed by atoms with van der Waals surface area (Å²) in [6, 6.07) is 0.0914. The molecule has 0 aliphatic carbocycles. The van der Waals surface area contributed by atoms with Crippen molar-refractivity contribution in [2.24, 2.45) is 5.73 Å². The highest BCUT2D eigenvalue weighted by atomic mass is 16.7. The van der Waals surface area contributed by atoms with Crippen LogP contribution in [0.4, 0.5) is 0 Å². The molecule has 1 aliphatic rings. The van der Waals surface area contributed by atoms with Crippen LogP contribution in [0.15, 0.2) is 0 Å². The summed E-state index contributed by atoms with van der Waals surface area (Å²) in [4.78, 5) is 16.7. The number of carbonyl (C=O) groups is 1. The van der Waals surface area contributed by atoms with Gasteiger partial charge in [0.25, 0.3) is 0 Å². The number of carbonyl (C=O) groups excluding carboxylic acids is 1. The van der Waals surface area contributed by atoms with Crippen LogP contribution in [-0.4, -0.2) is 30.2 Å². The number of amides is 1. The van der Waals surface area contributed by atoms with Gasteiger partial charge in [-0.2, -0.15) is 0 Å². The minimum Gasteiger partial charge on any atom is -0.328 e. The molecule has 0 aromatic carbocycles. The summed E-state index contributed by atoms with van der Waals surface area (Å²) in [5.74, 6) is 0.0667. The molecule has 1 amide bonds. The lowest BCUT2D eigenvalue weighted by Crippen LogP contribution is -2.36. The van der Waals surface area contributed by atoms with Crippen molar-refractivity contribution in [3.63, 3.8) is 0 Å². The van der Waals surface area contributed by atoms with Crippen molar-refractivity contribution in [1.82, 2.24) is 5.06 Å². The Hall–Kier alpha value is -0.610. The van der Waals surface area contributed by atoms with Gasteiger partial charge in [0.05, 0.1) is 6.61 Å². The maximum absolute atomic E-state index is 11.4. The molecule has 0 saturated carbocycles. The Morgan fingerprint density at radius 3 is 2.92 bits per heavy atom. The Labute approximate surface area is 79.0 Å². The number of nitrogens with zero attached hydrogens (tertiary/aromatic N) is 1. The van der Waals surface area contributed by atoms with E-state index < -0.39 is 0 Å². The van der Waals surface area contributed by atoms with Crippen LogP contribution >= 0.6 is 0 Å². The van der Waals surface area contributed by atoms with Crippen molar-refractivity contribution < 1.29 is 9.63 Å². The zero-order valence-electron chi connectivity index (χ0n) is 8.16. The van der Waals surface area contributed by atoms with Gasteiger partial charge in [0.2, 0.25) is 5.91 Å². The van der Waals surface area contributed by atoms with Gasteiger partial charge in [0.15, 0.2) is 0 Å². The molecule has 2 N–H and O–H groups in total. The normalized spacial score (nSPS) is 20.0. The summed E-state index contributed by atoms with van der Waals surface area (Å²) in [6.07, 6.45) is 3.33. The molecule has 0 aromatic rings. The van der Waals surface area contributed by atoms with Gasteiger partial charge in [-0.25, -0.2) is 5.06 Å². The minimum atomic E-state index is 0.0667. The lowest BCUT2D eigenvalue weighted by atomic mass is 10.2. The van der Waals surface area contributed by atoms with E-state index in [1.54, 1.807) is 0 Å². The third kappa shape index (κ3) is 3.74. The Bertz CT molecular complexity index is 165. The first-order valence-electron chi connectivity index (χ1n) is 4.89. The molecule has 4 heteroatoms. The van der Waals surface area contributed by atoms with E-state index in [0.717, 1.165) is 25.8 Å². The summed E-state index contributed by atoms with van der Waals surface area (Å²) >= 11 is 0. The molecule has 0 spiro atoms. The van der Waals surface area contributed by atoms with Gasteiger partial charge >= 0.3 is 0 Å². The second kappa shape index (κ2) is 5.19. The number of rotatable bonds is 3. The van der Waals surface area contributed by atoms with Crippen molar-refractivity contribution in [2.75, 3.05) is 13.2 Å². The van der Waals surface area contributed by atoms with Gasteiger partial charge in [-0.1, -0.05) is 0 Å². The summed E-state index contributed by atoms with van der Waals surface area (Å²) in [7, 11) is 0. The predicted molar refractivity (Wildman–Crippen MR) is 49.8 cm³/mol. The maximum Gasteiger partial charge on any atom is 0.246 e. The number of hydroxylamine groups is 2. The van der Waals surface area contributed by atoms with E-state index in [2.05, 4.69) is 0 Å². The quantitative estimate of drug-likeness (QED) is 0.704. The van der Waals surface area contributed by atoms with E-state index >= 15 is 0 Å². The number of hydrogen-bond acceptors (Lipinski definition) is 3. The van der Waals surface area contributed by atoms with Crippen LogP contribution < -0.4 is 5.73 Å². The van der Waals surface area contributed by atoms with Crippen molar-refractivity contribution in [3.05, 3.63) is 0 Å². The zero-order valence-corrected chi connectivity index (χ0v) is 8.16. The molecule has 0 radical (unpaired) electrons. The van der Waals surface area contributed by atoms with Crippen LogP contribution in [0.5, 0.6) is 0 Å². The Kier molecular flexibility index (Phi) is 4.18. The van der Waals surface area contributed by atoms with Crippen LogP contribution in [0.2, 0.25) is 0 Å². The molecule has 76 valence electrons. The summed E-state index contributed by atoms with van der Waals surface area (Å²) in [6.45, 7) is 3.31. The second-order valence-corrected chi connectivity index (χ2v) is 3.55. The van der Waals surface area contributed by atoms with Crippen molar-refractivity contribution in [2.45, 2.75) is 38.6 Å². The fourth-order valence-electron chi connectivity index (χ4n) is 1.27. The zero-order chi connectivity index (χ0) is 9.68. The van der Waals surface area contributed by atoms with Gasteiger partial charge < -0.3 is 5.73 Å². The van der Waals surface area contributed by atoms with Gasteiger partial charge in [0.1, 0.15) is 0 Å². The molecule has 1 aliphatic heterocycles. The largest absolute Gasteiger partial charge is 0.328 e. The SMILES string of the molecule is CC(N)CCC(=O)N1CCCCO1. The van der Waals surface area contributed by atoms with E-state index in [1.807, 2.05) is 6.92 Å². The third-order valence-corrected chi connectivity index (χ3v) is 2.09. The molecule has 1 fully saturated rings. The highest BCUT2D eigenvalue weighted by Crippen LogP contribution is 2.08. The molecule has 1 rings (SSSR count). The van der Waals surface area contributed by atoms with Crippen molar-refractivity contribution >= 4 is 5.91 Å². The molecular formula is C9H18N2O2. The first-order valence-corrected chi connectivity index (χ1v) is 4.89. The highest BCUT2D eigenvalue weighted by Gasteiger charge is 2.17. The van der Waals surface area contributed by atoms with E-state index in [1.165, 1.54) is 5.06 Å². The molecule has 13 heavy (non-hydrogen) atoms. The predicted octanol–water partition coefficient (Wildman–Crippen LogP) is 0.668. The molecule has 1 heterocycles. The lowest BCUT2D eigenvalue weighted by Gasteiger charge is -2.26. The fourth-order valence-corrected chi connectivity index (χ4v) is 1.27. The maximum atomic E-state index is 11.4. The third-order valence-electron chi connectivity index (χ3n) is 2.09. The molecular weight excluding hydrogens is 168 g/mol. The van der Waals surface area contributed by atoms with Crippen LogP contribution in [0.25, 0.3) is 0 Å². The number of nitrogens with two attached hydrogens (primary N) is 1. The molecule has 1 atom stereocenters. The summed E-state index contributed by atoms with van der Waals surface area (Å²) in [5, 5.41) is 1.48. The Morgan fingerprint density at radius 1 is 1.62 bits per heavy atom. The van der Waals surface area contributed by atoms with Gasteiger partial charge in [-0.15, -0.1) is 0 Å². The van der Waals surface area contributed by atoms with Crippen molar-refractivity contribution in [3.8, 4) is 0 Å². The standard InChI is InChI=1S/C9H18N2O2/c1-8(10)4-5-9(12)11-6-2-3-7-13-11/h8H,2-7,10H2,1H3. The number of hydrogen-bond donors (Lipinski definition) is 1. The minimum absolute atomic E-state index is 0.0667. The average Bonchev–Trinajstić information content (AvgIpc) is 2.15. The van der Waals surface area contributed by atoms with Crippen LogP contribution in [0.1, 0.15) is 32.6 Å². The molecule has 4 nitrogen and oxygen atoms in total. The summed E-state index contributed by atoms with van der Waals surface area (Å²) in [5.41, 5.74) is 5.56. The fraction of sp³-hybridized carbons (Fsp3) is 0.889. The highest BCUT2D eigenvalue weighted by molar-refractivity contribution is 5.75. The lowest BCUT2D eigenvalue weighted by molar-refractivity contribution is -0.197. The molecule has 1 unspecified atom stereocenters. The van der Waals surface area contributed by atoms with Crippen LogP contribution in [0, 0.1) is 0 Å². The van der Waals surface area contributed by atoms with Gasteiger partial charge in [-0.05, 0) is 26.2 Å². The van der Waals surface area contributed by atoms with Gasteiger partial charge in [-0.3, -0.25) is 9.63 Å². The summed E-state index contributed by atoms with van der Waals surface area (Å²) < 4.78 is 0. The topological polar surface area (TPSA) is 55.6 Å². The van der Waals surface area contributed by atoms with E-state index in [9.17, 15) is 4.79 Å². The molecule has 0 bridgehead atoms. The van der Waals surface area contributed by atoms with Crippen LogP contribution in [-0.2, 0) is 9.63 Å². The first-order chi connectivity index (χ1) is 6.20.